The average molecular weight is 182 g/mol. The van der Waals surface area contributed by atoms with Gasteiger partial charge in [0.15, 0.2) is 0 Å². The monoisotopic (exact) mass is 182 g/mol. The first kappa shape index (κ1) is 8.20. The molecule has 0 spiro atoms. The standard InChI is InChI=1S/C9H14N2S/c1-3-8-11-7-4-5-10-6(2)9(7)12-8/h6,10H,3-5H2,1-2H3. The highest BCUT2D eigenvalue weighted by Gasteiger charge is 2.19. The molecule has 2 heterocycles. The van der Waals surface area contributed by atoms with Gasteiger partial charge in [-0.2, -0.15) is 0 Å². The summed E-state index contributed by atoms with van der Waals surface area (Å²) in [6.07, 6.45) is 2.18. The second-order valence-electron chi connectivity index (χ2n) is 3.20. The van der Waals surface area contributed by atoms with Gasteiger partial charge in [-0.1, -0.05) is 6.92 Å². The predicted molar refractivity (Wildman–Crippen MR) is 51.6 cm³/mol. The smallest absolute Gasteiger partial charge is 0.0929 e. The molecule has 0 aromatic carbocycles. The Balaban J connectivity index is 2.37. The molecule has 0 aliphatic carbocycles. The Morgan fingerprint density at radius 1 is 1.67 bits per heavy atom. The number of hydrogen-bond donors (Lipinski definition) is 1. The van der Waals surface area contributed by atoms with Crippen molar-refractivity contribution in [1.29, 1.82) is 0 Å². The fourth-order valence-corrected chi connectivity index (χ4v) is 2.66. The van der Waals surface area contributed by atoms with Crippen LogP contribution in [-0.4, -0.2) is 11.5 Å². The summed E-state index contributed by atoms with van der Waals surface area (Å²) in [6.45, 7) is 5.47. The maximum Gasteiger partial charge on any atom is 0.0929 e. The second kappa shape index (κ2) is 3.15. The molecular weight excluding hydrogens is 168 g/mol. The van der Waals surface area contributed by atoms with Crippen molar-refractivity contribution in [1.82, 2.24) is 10.3 Å². The van der Waals surface area contributed by atoms with Gasteiger partial charge in [-0.25, -0.2) is 4.98 Å². The van der Waals surface area contributed by atoms with E-state index in [0.29, 0.717) is 6.04 Å². The molecule has 0 radical (unpaired) electrons. The molecule has 1 aliphatic rings. The summed E-state index contributed by atoms with van der Waals surface area (Å²) in [5.41, 5.74) is 1.34. The molecule has 66 valence electrons. The van der Waals surface area contributed by atoms with Gasteiger partial charge >= 0.3 is 0 Å². The molecular formula is C9H14N2S. The van der Waals surface area contributed by atoms with Crippen LogP contribution >= 0.6 is 11.3 Å². The van der Waals surface area contributed by atoms with Gasteiger partial charge in [-0.05, 0) is 13.3 Å². The molecule has 1 unspecified atom stereocenters. The molecule has 1 atom stereocenters. The van der Waals surface area contributed by atoms with Gasteiger partial charge in [-0.15, -0.1) is 11.3 Å². The highest BCUT2D eigenvalue weighted by Crippen LogP contribution is 2.28. The van der Waals surface area contributed by atoms with Gasteiger partial charge in [0.05, 0.1) is 10.7 Å². The van der Waals surface area contributed by atoms with Crippen LogP contribution in [0.1, 0.15) is 35.5 Å². The van der Waals surface area contributed by atoms with E-state index in [2.05, 4.69) is 24.1 Å². The lowest BCUT2D eigenvalue weighted by atomic mass is 10.1. The van der Waals surface area contributed by atoms with Gasteiger partial charge in [0.1, 0.15) is 0 Å². The Morgan fingerprint density at radius 3 is 3.17 bits per heavy atom. The Hall–Kier alpha value is -0.410. The SMILES string of the molecule is CCc1nc2c(s1)C(C)NCC2. The molecule has 1 aromatic heterocycles. The summed E-state index contributed by atoms with van der Waals surface area (Å²) in [7, 11) is 0. The van der Waals surface area contributed by atoms with Crippen molar-refractivity contribution in [3.8, 4) is 0 Å². The number of fused-ring (bicyclic) bond motifs is 1. The van der Waals surface area contributed by atoms with Gasteiger partial charge in [0.25, 0.3) is 0 Å². The highest BCUT2D eigenvalue weighted by atomic mass is 32.1. The normalized spacial score (nSPS) is 22.3. The molecule has 0 fully saturated rings. The Morgan fingerprint density at radius 2 is 2.50 bits per heavy atom. The molecule has 0 amide bonds. The summed E-state index contributed by atoms with van der Waals surface area (Å²) in [5, 5.41) is 4.73. The zero-order valence-electron chi connectivity index (χ0n) is 7.55. The molecule has 1 aliphatic heterocycles. The van der Waals surface area contributed by atoms with Crippen LogP contribution < -0.4 is 5.32 Å². The zero-order valence-corrected chi connectivity index (χ0v) is 8.37. The summed E-state index contributed by atoms with van der Waals surface area (Å²) in [4.78, 5) is 6.05. The molecule has 1 aromatic rings. The van der Waals surface area contributed by atoms with E-state index >= 15 is 0 Å². The van der Waals surface area contributed by atoms with Crippen LogP contribution in [-0.2, 0) is 12.8 Å². The lowest BCUT2D eigenvalue weighted by Gasteiger charge is -2.18. The number of hydrogen-bond acceptors (Lipinski definition) is 3. The van der Waals surface area contributed by atoms with Crippen LogP contribution in [0.3, 0.4) is 0 Å². The quantitative estimate of drug-likeness (QED) is 0.717. The van der Waals surface area contributed by atoms with E-state index in [-0.39, 0.29) is 0 Å². The van der Waals surface area contributed by atoms with Gasteiger partial charge in [0.2, 0.25) is 0 Å². The summed E-state index contributed by atoms with van der Waals surface area (Å²) in [5.74, 6) is 0. The molecule has 2 rings (SSSR count). The molecule has 12 heavy (non-hydrogen) atoms. The van der Waals surface area contributed by atoms with E-state index in [1.807, 2.05) is 11.3 Å². The Kier molecular flexibility index (Phi) is 2.15. The van der Waals surface area contributed by atoms with Crippen LogP contribution in [0.5, 0.6) is 0 Å². The minimum absolute atomic E-state index is 0.520. The van der Waals surface area contributed by atoms with E-state index in [1.165, 1.54) is 15.6 Å². The van der Waals surface area contributed by atoms with Crippen LogP contribution in [0.4, 0.5) is 0 Å². The van der Waals surface area contributed by atoms with Crippen molar-refractivity contribution in [3.63, 3.8) is 0 Å². The van der Waals surface area contributed by atoms with E-state index in [0.717, 1.165) is 19.4 Å². The number of rotatable bonds is 1. The predicted octanol–water partition coefficient (Wildman–Crippen LogP) is 1.91. The van der Waals surface area contributed by atoms with Crippen molar-refractivity contribution >= 4 is 11.3 Å². The Bertz CT molecular complexity index is 280. The topological polar surface area (TPSA) is 24.9 Å². The zero-order chi connectivity index (χ0) is 8.55. The van der Waals surface area contributed by atoms with E-state index < -0.39 is 0 Å². The third kappa shape index (κ3) is 1.27. The third-order valence-corrected chi connectivity index (χ3v) is 3.70. The first-order valence-corrected chi connectivity index (χ1v) is 5.34. The first-order valence-electron chi connectivity index (χ1n) is 4.53. The Labute approximate surface area is 77.0 Å². The van der Waals surface area contributed by atoms with Crippen LogP contribution in [0, 0.1) is 0 Å². The summed E-state index contributed by atoms with van der Waals surface area (Å²) < 4.78 is 0. The lowest BCUT2D eigenvalue weighted by molar-refractivity contribution is 0.544. The van der Waals surface area contributed by atoms with Crippen LogP contribution in [0.2, 0.25) is 0 Å². The highest BCUT2D eigenvalue weighted by molar-refractivity contribution is 7.11. The molecule has 0 saturated heterocycles. The fraction of sp³-hybridized carbons (Fsp3) is 0.667. The van der Waals surface area contributed by atoms with Crippen molar-refractivity contribution in [2.24, 2.45) is 0 Å². The van der Waals surface area contributed by atoms with Crippen molar-refractivity contribution in [2.75, 3.05) is 6.54 Å². The number of nitrogens with zero attached hydrogens (tertiary/aromatic N) is 1. The van der Waals surface area contributed by atoms with Crippen LogP contribution in [0.15, 0.2) is 0 Å². The number of aryl methyl sites for hydroxylation is 1. The summed E-state index contributed by atoms with van der Waals surface area (Å²) in [6, 6.07) is 0.520. The largest absolute Gasteiger partial charge is 0.309 e. The maximum absolute atomic E-state index is 4.60. The van der Waals surface area contributed by atoms with Crippen molar-refractivity contribution < 1.29 is 0 Å². The fourth-order valence-electron chi connectivity index (χ4n) is 1.58. The summed E-state index contributed by atoms with van der Waals surface area (Å²) >= 11 is 1.87. The van der Waals surface area contributed by atoms with E-state index in [9.17, 15) is 0 Å². The molecule has 0 bridgehead atoms. The minimum atomic E-state index is 0.520. The van der Waals surface area contributed by atoms with Gasteiger partial charge in [-0.3, -0.25) is 0 Å². The molecule has 2 nitrogen and oxygen atoms in total. The van der Waals surface area contributed by atoms with Gasteiger partial charge < -0.3 is 5.32 Å². The third-order valence-electron chi connectivity index (χ3n) is 2.28. The lowest BCUT2D eigenvalue weighted by Crippen LogP contribution is -2.26. The van der Waals surface area contributed by atoms with Gasteiger partial charge in [0, 0.05) is 23.9 Å². The average Bonchev–Trinajstić information content (AvgIpc) is 2.49. The number of thiazole rings is 1. The minimum Gasteiger partial charge on any atom is -0.309 e. The number of aromatic nitrogens is 1. The van der Waals surface area contributed by atoms with Crippen LogP contribution in [0.25, 0.3) is 0 Å². The molecule has 0 saturated carbocycles. The van der Waals surface area contributed by atoms with E-state index in [4.69, 9.17) is 0 Å². The second-order valence-corrected chi connectivity index (χ2v) is 4.31. The van der Waals surface area contributed by atoms with E-state index in [1.54, 1.807) is 0 Å². The van der Waals surface area contributed by atoms with Crippen molar-refractivity contribution in [2.45, 2.75) is 32.7 Å². The molecule has 1 N–H and O–H groups in total. The first-order chi connectivity index (χ1) is 5.81. The maximum atomic E-state index is 4.60. The number of nitrogens with one attached hydrogen (secondary N) is 1. The molecule has 3 heteroatoms. The van der Waals surface area contributed by atoms with Crippen molar-refractivity contribution in [3.05, 3.63) is 15.6 Å².